The molecule has 134 valence electrons. The Morgan fingerprint density at radius 3 is 2.60 bits per heavy atom. The van der Waals surface area contributed by atoms with Crippen LogP contribution in [0.4, 0.5) is 10.7 Å². The summed E-state index contributed by atoms with van der Waals surface area (Å²) in [4.78, 5) is 15.0. The second-order valence-corrected chi connectivity index (χ2v) is 7.61. The smallest absolute Gasteiger partial charge is 0.260 e. The van der Waals surface area contributed by atoms with Crippen LogP contribution in [0, 0.1) is 12.8 Å². The lowest BCUT2D eigenvalue weighted by atomic mass is 9.99. The molecule has 1 aliphatic rings. The van der Waals surface area contributed by atoms with Gasteiger partial charge in [-0.3, -0.25) is 9.69 Å². The van der Waals surface area contributed by atoms with Crippen molar-refractivity contribution in [2.75, 3.05) is 30.8 Å². The molecule has 2 aromatic rings. The van der Waals surface area contributed by atoms with Gasteiger partial charge in [-0.1, -0.05) is 19.1 Å². The Labute approximate surface area is 153 Å². The molecule has 1 amide bonds. The number of aryl methyl sites for hydroxylation is 1. The van der Waals surface area contributed by atoms with Gasteiger partial charge in [0.25, 0.3) is 5.91 Å². The number of aromatic nitrogens is 1. The molecule has 0 unspecified atom stereocenters. The lowest BCUT2D eigenvalue weighted by molar-refractivity contribution is 0.102. The number of amides is 1. The summed E-state index contributed by atoms with van der Waals surface area (Å²) in [6.07, 6.45) is 2.58. The molecule has 1 fully saturated rings. The molecule has 0 aliphatic carbocycles. The maximum Gasteiger partial charge on any atom is 0.260 e. The number of anilines is 2. The van der Waals surface area contributed by atoms with Gasteiger partial charge in [-0.05, 0) is 68.0 Å². The quantitative estimate of drug-likeness (QED) is 0.849. The molecule has 6 heteroatoms. The van der Waals surface area contributed by atoms with Crippen LogP contribution in [0.1, 0.15) is 41.4 Å². The molecule has 0 spiro atoms. The number of hydrogen-bond donors (Lipinski definition) is 2. The normalized spacial score (nSPS) is 16.0. The highest BCUT2D eigenvalue weighted by Crippen LogP contribution is 2.25. The highest BCUT2D eigenvalue weighted by atomic mass is 32.1. The summed E-state index contributed by atoms with van der Waals surface area (Å²) in [6, 6.07) is 8.17. The standard InChI is InChI=1S/C19H26N4OS/c1-13-8-10-23(11-9-13)12-15-4-6-16(7-5-15)21-18(24)17-14(2)22-25-19(17)20-3/h4-7,13,20H,8-12H2,1-3H3,(H,21,24). The van der Waals surface area contributed by atoms with Gasteiger partial charge in [-0.25, -0.2) is 0 Å². The maximum atomic E-state index is 12.5. The van der Waals surface area contributed by atoms with Crippen molar-refractivity contribution in [1.29, 1.82) is 0 Å². The third kappa shape index (κ3) is 4.38. The summed E-state index contributed by atoms with van der Waals surface area (Å²) in [5, 5.41) is 6.80. The number of nitrogens with one attached hydrogen (secondary N) is 2. The highest BCUT2D eigenvalue weighted by Gasteiger charge is 2.18. The zero-order chi connectivity index (χ0) is 17.8. The summed E-state index contributed by atoms with van der Waals surface area (Å²) < 4.78 is 4.25. The van der Waals surface area contributed by atoms with Gasteiger partial charge in [-0.15, -0.1) is 0 Å². The lowest BCUT2D eigenvalue weighted by Crippen LogP contribution is -2.32. The van der Waals surface area contributed by atoms with Gasteiger partial charge in [0.15, 0.2) is 0 Å². The van der Waals surface area contributed by atoms with Crippen LogP contribution < -0.4 is 10.6 Å². The lowest BCUT2D eigenvalue weighted by Gasteiger charge is -2.30. The van der Waals surface area contributed by atoms with Crippen molar-refractivity contribution >= 4 is 28.1 Å². The number of likely N-dealkylation sites (tertiary alicyclic amines) is 1. The summed E-state index contributed by atoms with van der Waals surface area (Å²) >= 11 is 1.31. The van der Waals surface area contributed by atoms with Crippen molar-refractivity contribution in [2.45, 2.75) is 33.2 Å². The molecule has 25 heavy (non-hydrogen) atoms. The van der Waals surface area contributed by atoms with Crippen molar-refractivity contribution in [1.82, 2.24) is 9.27 Å². The number of carbonyl (C=O) groups is 1. The first-order valence-electron chi connectivity index (χ1n) is 8.83. The van der Waals surface area contributed by atoms with E-state index in [1.54, 1.807) is 7.05 Å². The zero-order valence-electron chi connectivity index (χ0n) is 15.1. The van der Waals surface area contributed by atoms with E-state index in [9.17, 15) is 4.79 Å². The van der Waals surface area contributed by atoms with Crippen LogP contribution >= 0.6 is 11.5 Å². The maximum absolute atomic E-state index is 12.5. The molecule has 0 saturated carbocycles. The minimum Gasteiger partial charge on any atom is -0.378 e. The van der Waals surface area contributed by atoms with Gasteiger partial charge < -0.3 is 10.6 Å². The number of carbonyl (C=O) groups excluding carboxylic acids is 1. The molecule has 0 bridgehead atoms. The van der Waals surface area contributed by atoms with Crippen LogP contribution in [0.2, 0.25) is 0 Å². The summed E-state index contributed by atoms with van der Waals surface area (Å²) in [5.41, 5.74) is 3.48. The fourth-order valence-corrected chi connectivity index (χ4v) is 3.92. The van der Waals surface area contributed by atoms with Crippen molar-refractivity contribution in [3.05, 3.63) is 41.1 Å². The van der Waals surface area contributed by atoms with Crippen molar-refractivity contribution < 1.29 is 4.79 Å². The molecular formula is C19H26N4OS. The zero-order valence-corrected chi connectivity index (χ0v) is 15.9. The molecule has 1 aromatic heterocycles. The molecule has 5 nitrogen and oxygen atoms in total. The Morgan fingerprint density at radius 1 is 1.28 bits per heavy atom. The van der Waals surface area contributed by atoms with Crippen molar-refractivity contribution in [3.8, 4) is 0 Å². The van der Waals surface area contributed by atoms with Crippen LogP contribution in [0.3, 0.4) is 0 Å². The fraction of sp³-hybridized carbons (Fsp3) is 0.474. The second kappa shape index (κ2) is 7.97. The average molecular weight is 359 g/mol. The molecule has 0 atom stereocenters. The topological polar surface area (TPSA) is 57.3 Å². The van der Waals surface area contributed by atoms with E-state index in [0.29, 0.717) is 5.56 Å². The van der Waals surface area contributed by atoms with E-state index < -0.39 is 0 Å². The van der Waals surface area contributed by atoms with Crippen molar-refractivity contribution in [2.24, 2.45) is 5.92 Å². The van der Waals surface area contributed by atoms with E-state index in [1.165, 1.54) is 43.0 Å². The molecule has 2 heterocycles. The Balaban J connectivity index is 1.60. The largest absolute Gasteiger partial charge is 0.378 e. The molecule has 3 rings (SSSR count). The fourth-order valence-electron chi connectivity index (χ4n) is 3.17. The minimum absolute atomic E-state index is 0.117. The third-order valence-corrected chi connectivity index (χ3v) is 5.77. The van der Waals surface area contributed by atoms with Crippen LogP contribution in [0.5, 0.6) is 0 Å². The Hall–Kier alpha value is -1.92. The van der Waals surface area contributed by atoms with Gasteiger partial charge in [0, 0.05) is 19.3 Å². The SMILES string of the molecule is CNc1snc(C)c1C(=O)Nc1ccc(CN2CCC(C)CC2)cc1. The van der Waals surface area contributed by atoms with Gasteiger partial charge in [0.1, 0.15) is 5.00 Å². The van der Waals surface area contributed by atoms with Crippen LogP contribution in [0.25, 0.3) is 0 Å². The first-order valence-corrected chi connectivity index (χ1v) is 9.61. The van der Waals surface area contributed by atoms with Crippen LogP contribution in [0.15, 0.2) is 24.3 Å². The summed E-state index contributed by atoms with van der Waals surface area (Å²) in [5.74, 6) is 0.736. The highest BCUT2D eigenvalue weighted by molar-refractivity contribution is 7.10. The first-order chi connectivity index (χ1) is 12.1. The molecular weight excluding hydrogens is 332 g/mol. The Bertz CT molecular complexity index is 718. The average Bonchev–Trinajstić information content (AvgIpc) is 2.99. The molecule has 2 N–H and O–H groups in total. The van der Waals surface area contributed by atoms with Crippen LogP contribution in [-0.4, -0.2) is 35.3 Å². The van der Waals surface area contributed by atoms with E-state index >= 15 is 0 Å². The van der Waals surface area contributed by atoms with E-state index in [2.05, 4.69) is 39.0 Å². The molecule has 1 aliphatic heterocycles. The van der Waals surface area contributed by atoms with Gasteiger partial charge in [-0.2, -0.15) is 4.37 Å². The predicted octanol–water partition coefficient (Wildman–Crippen LogP) is 3.98. The van der Waals surface area contributed by atoms with Gasteiger partial charge >= 0.3 is 0 Å². The van der Waals surface area contributed by atoms with E-state index in [0.717, 1.165) is 28.8 Å². The molecule has 1 saturated heterocycles. The number of rotatable bonds is 5. The second-order valence-electron chi connectivity index (χ2n) is 6.83. The molecule has 0 radical (unpaired) electrons. The number of benzene rings is 1. The van der Waals surface area contributed by atoms with E-state index in [4.69, 9.17) is 0 Å². The molecule has 1 aromatic carbocycles. The first kappa shape index (κ1) is 17.9. The predicted molar refractivity (Wildman–Crippen MR) is 104 cm³/mol. The summed E-state index contributed by atoms with van der Waals surface area (Å²) in [6.45, 7) is 7.53. The van der Waals surface area contributed by atoms with Crippen LogP contribution in [-0.2, 0) is 6.54 Å². The van der Waals surface area contributed by atoms with E-state index in [1.807, 2.05) is 19.1 Å². The monoisotopic (exact) mass is 358 g/mol. The van der Waals surface area contributed by atoms with Gasteiger partial charge in [0.05, 0.1) is 11.3 Å². The van der Waals surface area contributed by atoms with E-state index in [-0.39, 0.29) is 5.91 Å². The third-order valence-electron chi connectivity index (χ3n) is 4.81. The van der Waals surface area contributed by atoms with Crippen molar-refractivity contribution in [3.63, 3.8) is 0 Å². The number of nitrogens with zero attached hydrogens (tertiary/aromatic N) is 2. The number of hydrogen-bond acceptors (Lipinski definition) is 5. The minimum atomic E-state index is -0.117. The summed E-state index contributed by atoms with van der Waals surface area (Å²) in [7, 11) is 1.81. The Kier molecular flexibility index (Phi) is 5.71. The van der Waals surface area contributed by atoms with Gasteiger partial charge in [0.2, 0.25) is 0 Å². The Morgan fingerprint density at radius 2 is 1.96 bits per heavy atom. The number of piperidine rings is 1.